The van der Waals surface area contributed by atoms with E-state index in [-0.39, 0.29) is 36.8 Å². The summed E-state index contributed by atoms with van der Waals surface area (Å²) >= 11 is 0. The molecule has 0 radical (unpaired) electrons. The van der Waals surface area contributed by atoms with Gasteiger partial charge in [0.15, 0.2) is 6.61 Å². The number of morpholine rings is 1. The Kier molecular flexibility index (Phi) is 8.57. The summed E-state index contributed by atoms with van der Waals surface area (Å²) in [6.07, 6.45) is 0.660. The van der Waals surface area contributed by atoms with Crippen molar-refractivity contribution in [1.29, 1.82) is 5.26 Å². The second kappa shape index (κ2) is 10.9. The zero-order chi connectivity index (χ0) is 21.3. The Hall–Kier alpha value is -2.48. The van der Waals surface area contributed by atoms with E-state index in [0.29, 0.717) is 32.7 Å². The molecule has 1 aliphatic heterocycles. The zero-order valence-corrected chi connectivity index (χ0v) is 17.2. The molecular formula is C19H25N3O6S. The highest BCUT2D eigenvalue weighted by atomic mass is 32.2. The van der Waals surface area contributed by atoms with Gasteiger partial charge in [-0.25, -0.2) is 8.42 Å². The molecule has 1 aliphatic rings. The Morgan fingerprint density at radius 3 is 2.52 bits per heavy atom. The van der Waals surface area contributed by atoms with Crippen molar-refractivity contribution in [3.05, 3.63) is 29.8 Å². The van der Waals surface area contributed by atoms with Crippen molar-refractivity contribution in [2.75, 3.05) is 46.5 Å². The van der Waals surface area contributed by atoms with Gasteiger partial charge >= 0.3 is 5.97 Å². The molecule has 1 amide bonds. The first-order valence-corrected chi connectivity index (χ1v) is 10.7. The molecule has 0 unspecified atom stereocenters. The zero-order valence-electron chi connectivity index (χ0n) is 16.4. The first-order chi connectivity index (χ1) is 13.8. The summed E-state index contributed by atoms with van der Waals surface area (Å²) in [5.74, 6) is -0.886. The topological polar surface area (TPSA) is 117 Å². The average Bonchev–Trinajstić information content (AvgIpc) is 2.75. The van der Waals surface area contributed by atoms with Crippen LogP contribution in [0.3, 0.4) is 0 Å². The summed E-state index contributed by atoms with van der Waals surface area (Å²) in [5.41, 5.74) is 0.792. The number of likely N-dealkylation sites (N-methyl/N-ethyl adjacent to an activating group) is 1. The lowest BCUT2D eigenvalue weighted by molar-refractivity contribution is -0.151. The van der Waals surface area contributed by atoms with E-state index < -0.39 is 16.0 Å². The number of hydrogen-bond donors (Lipinski definition) is 0. The van der Waals surface area contributed by atoms with E-state index in [9.17, 15) is 18.0 Å². The first kappa shape index (κ1) is 22.8. The quantitative estimate of drug-likeness (QED) is 0.533. The van der Waals surface area contributed by atoms with Crippen molar-refractivity contribution < 1.29 is 27.5 Å². The molecular weight excluding hydrogens is 398 g/mol. The molecule has 0 N–H and O–H groups in total. The summed E-state index contributed by atoms with van der Waals surface area (Å²) in [6, 6.07) is 8.33. The Morgan fingerprint density at radius 2 is 1.90 bits per heavy atom. The molecule has 0 bridgehead atoms. The minimum atomic E-state index is -3.54. The predicted octanol–water partition coefficient (Wildman–Crippen LogP) is 0.555. The lowest BCUT2D eigenvalue weighted by Gasteiger charge is -2.26. The fourth-order valence-electron chi connectivity index (χ4n) is 2.68. The van der Waals surface area contributed by atoms with Crippen LogP contribution in [0, 0.1) is 11.3 Å². The largest absolute Gasteiger partial charge is 0.456 e. The average molecular weight is 423 g/mol. The summed E-state index contributed by atoms with van der Waals surface area (Å²) in [4.78, 5) is 25.1. The lowest BCUT2D eigenvalue weighted by atomic mass is 10.1. The molecule has 10 heteroatoms. The number of benzene rings is 1. The number of rotatable bonds is 9. The van der Waals surface area contributed by atoms with Crippen LogP contribution in [0.2, 0.25) is 0 Å². The standard InChI is InChI=1S/C19H25N3O6S/c1-21(10-2-9-20)18(23)15-28-19(24)8-5-16-3-6-17(7-4-16)29(25,26)22-11-13-27-14-12-22/h3-4,6-7H,2,5,8,10-15H2,1H3. The minimum Gasteiger partial charge on any atom is -0.456 e. The Labute approximate surface area is 170 Å². The summed E-state index contributed by atoms with van der Waals surface area (Å²) in [6.45, 7) is 1.36. The third-order valence-corrected chi connectivity index (χ3v) is 6.40. The number of sulfonamides is 1. The molecule has 2 rings (SSSR count). The van der Waals surface area contributed by atoms with E-state index in [2.05, 4.69) is 0 Å². The van der Waals surface area contributed by atoms with Crippen molar-refractivity contribution in [1.82, 2.24) is 9.21 Å². The minimum absolute atomic E-state index is 0.0742. The lowest BCUT2D eigenvalue weighted by Crippen LogP contribution is -2.40. The Balaban J connectivity index is 1.80. The molecule has 158 valence electrons. The normalized spacial score (nSPS) is 14.8. The molecule has 0 aliphatic carbocycles. The van der Waals surface area contributed by atoms with Crippen LogP contribution < -0.4 is 0 Å². The summed E-state index contributed by atoms with van der Waals surface area (Å²) in [5, 5.41) is 8.51. The van der Waals surface area contributed by atoms with Crippen molar-refractivity contribution in [3.63, 3.8) is 0 Å². The number of nitrogens with zero attached hydrogens (tertiary/aromatic N) is 3. The number of hydrogen-bond acceptors (Lipinski definition) is 7. The molecule has 1 fully saturated rings. The maximum Gasteiger partial charge on any atom is 0.306 e. The second-order valence-electron chi connectivity index (χ2n) is 6.54. The van der Waals surface area contributed by atoms with Crippen LogP contribution in [0.1, 0.15) is 18.4 Å². The second-order valence-corrected chi connectivity index (χ2v) is 8.48. The molecule has 0 atom stereocenters. The van der Waals surface area contributed by atoms with Gasteiger partial charge in [0.25, 0.3) is 5.91 Å². The maximum absolute atomic E-state index is 12.6. The Morgan fingerprint density at radius 1 is 1.24 bits per heavy atom. The molecule has 0 aromatic heterocycles. The molecule has 0 saturated carbocycles. The number of ether oxygens (including phenoxy) is 2. The molecule has 9 nitrogen and oxygen atoms in total. The highest BCUT2D eigenvalue weighted by molar-refractivity contribution is 7.89. The van der Waals surface area contributed by atoms with Crippen molar-refractivity contribution in [2.24, 2.45) is 0 Å². The molecule has 1 heterocycles. The van der Waals surface area contributed by atoms with Gasteiger partial charge in [0, 0.05) is 33.1 Å². The van der Waals surface area contributed by atoms with Gasteiger partial charge in [-0.15, -0.1) is 0 Å². The van der Waals surface area contributed by atoms with Crippen LogP contribution in [0.4, 0.5) is 0 Å². The number of amides is 1. The first-order valence-electron chi connectivity index (χ1n) is 9.28. The van der Waals surface area contributed by atoms with Crippen LogP contribution in [-0.4, -0.2) is 76.0 Å². The van der Waals surface area contributed by atoms with Crippen LogP contribution in [-0.2, 0) is 35.5 Å². The van der Waals surface area contributed by atoms with E-state index in [1.54, 1.807) is 19.2 Å². The van der Waals surface area contributed by atoms with E-state index in [1.165, 1.54) is 21.3 Å². The number of carbonyl (C=O) groups is 2. The smallest absolute Gasteiger partial charge is 0.306 e. The SMILES string of the molecule is CN(CCC#N)C(=O)COC(=O)CCc1ccc(S(=O)(=O)N2CCOCC2)cc1. The van der Waals surface area contributed by atoms with Gasteiger partial charge in [0.1, 0.15) is 0 Å². The van der Waals surface area contributed by atoms with Crippen LogP contribution in [0.25, 0.3) is 0 Å². The molecule has 1 aromatic rings. The molecule has 0 spiro atoms. The Bertz CT molecular complexity index is 842. The van der Waals surface area contributed by atoms with Gasteiger partial charge in [0.05, 0.1) is 30.6 Å². The summed E-state index contributed by atoms with van der Waals surface area (Å²) < 4.78 is 36.7. The number of aryl methyl sites for hydroxylation is 1. The number of carbonyl (C=O) groups excluding carboxylic acids is 2. The van der Waals surface area contributed by atoms with E-state index >= 15 is 0 Å². The van der Waals surface area contributed by atoms with Gasteiger partial charge < -0.3 is 14.4 Å². The van der Waals surface area contributed by atoms with Crippen LogP contribution in [0.5, 0.6) is 0 Å². The fourth-order valence-corrected chi connectivity index (χ4v) is 4.09. The molecule has 29 heavy (non-hydrogen) atoms. The summed E-state index contributed by atoms with van der Waals surface area (Å²) in [7, 11) is -2.00. The van der Waals surface area contributed by atoms with Gasteiger partial charge in [-0.2, -0.15) is 9.57 Å². The highest BCUT2D eigenvalue weighted by Gasteiger charge is 2.26. The van der Waals surface area contributed by atoms with Crippen LogP contribution >= 0.6 is 0 Å². The maximum atomic E-state index is 12.6. The monoisotopic (exact) mass is 423 g/mol. The fraction of sp³-hybridized carbons (Fsp3) is 0.526. The van der Waals surface area contributed by atoms with E-state index in [1.807, 2.05) is 6.07 Å². The number of esters is 1. The third kappa shape index (κ3) is 6.81. The van der Waals surface area contributed by atoms with E-state index in [4.69, 9.17) is 14.7 Å². The van der Waals surface area contributed by atoms with Gasteiger partial charge in [-0.1, -0.05) is 12.1 Å². The highest BCUT2D eigenvalue weighted by Crippen LogP contribution is 2.18. The van der Waals surface area contributed by atoms with Crippen molar-refractivity contribution >= 4 is 21.9 Å². The van der Waals surface area contributed by atoms with Gasteiger partial charge in [-0.05, 0) is 24.1 Å². The van der Waals surface area contributed by atoms with Crippen LogP contribution in [0.15, 0.2) is 29.2 Å². The van der Waals surface area contributed by atoms with E-state index in [0.717, 1.165) is 5.56 Å². The number of nitriles is 1. The molecule has 1 saturated heterocycles. The van der Waals surface area contributed by atoms with Gasteiger partial charge in [-0.3, -0.25) is 9.59 Å². The third-order valence-electron chi connectivity index (χ3n) is 4.49. The van der Waals surface area contributed by atoms with Gasteiger partial charge in [0.2, 0.25) is 10.0 Å². The molecule has 1 aromatic carbocycles. The van der Waals surface area contributed by atoms with Crippen molar-refractivity contribution in [2.45, 2.75) is 24.2 Å². The van der Waals surface area contributed by atoms with Crippen molar-refractivity contribution in [3.8, 4) is 6.07 Å². The predicted molar refractivity (Wildman–Crippen MR) is 103 cm³/mol.